The molecule has 0 aliphatic carbocycles. The molecule has 0 aromatic carbocycles. The molecular formula is C13H28IN. The first-order valence-corrected chi connectivity index (χ1v) is 7.75. The standard InChI is InChI=1S/C13H28IN/c1-12(2)10-8-6-4-5-7-9-11-15-13(3)14/h12-13,15H,4-11H2,1-3H3/t13-/m0/s1. The van der Waals surface area contributed by atoms with E-state index in [0.717, 1.165) is 5.92 Å². The fourth-order valence-electron chi connectivity index (χ4n) is 1.69. The second-order valence-corrected chi connectivity index (χ2v) is 6.74. The Bertz CT molecular complexity index is 110. The quantitative estimate of drug-likeness (QED) is 0.265. The molecule has 0 bridgehead atoms. The van der Waals surface area contributed by atoms with Gasteiger partial charge in [-0.3, -0.25) is 0 Å². The number of hydrogen-bond acceptors (Lipinski definition) is 1. The molecule has 0 saturated heterocycles. The van der Waals surface area contributed by atoms with Crippen molar-refractivity contribution >= 4 is 22.6 Å². The zero-order valence-electron chi connectivity index (χ0n) is 10.7. The van der Waals surface area contributed by atoms with Crippen LogP contribution in [-0.4, -0.2) is 10.6 Å². The average Bonchev–Trinajstić information content (AvgIpc) is 2.14. The lowest BCUT2D eigenvalue weighted by Crippen LogP contribution is -2.20. The van der Waals surface area contributed by atoms with Crippen molar-refractivity contribution in [1.29, 1.82) is 0 Å². The lowest BCUT2D eigenvalue weighted by Gasteiger charge is -2.06. The van der Waals surface area contributed by atoms with Crippen molar-refractivity contribution in [3.8, 4) is 0 Å². The van der Waals surface area contributed by atoms with Gasteiger partial charge in [-0.25, -0.2) is 0 Å². The van der Waals surface area contributed by atoms with Gasteiger partial charge in [0.05, 0.1) is 4.05 Å². The number of unbranched alkanes of at least 4 members (excludes halogenated alkanes) is 5. The summed E-state index contributed by atoms with van der Waals surface area (Å²) in [6.07, 6.45) is 9.89. The molecule has 15 heavy (non-hydrogen) atoms. The zero-order valence-corrected chi connectivity index (χ0v) is 12.8. The number of hydrogen-bond donors (Lipinski definition) is 1. The summed E-state index contributed by atoms with van der Waals surface area (Å²) in [7, 11) is 0. The van der Waals surface area contributed by atoms with E-state index in [1.165, 1.54) is 51.5 Å². The van der Waals surface area contributed by atoms with Gasteiger partial charge in [0.2, 0.25) is 0 Å². The third kappa shape index (κ3) is 14.7. The predicted octanol–water partition coefficient (Wildman–Crippen LogP) is 4.74. The normalized spacial score (nSPS) is 13.4. The van der Waals surface area contributed by atoms with Crippen LogP contribution < -0.4 is 5.32 Å². The third-order valence-corrected chi connectivity index (χ3v) is 3.07. The summed E-state index contributed by atoms with van der Waals surface area (Å²) in [4.78, 5) is 0. The van der Waals surface area contributed by atoms with Gasteiger partial charge in [-0.05, 0) is 25.8 Å². The van der Waals surface area contributed by atoms with E-state index >= 15 is 0 Å². The van der Waals surface area contributed by atoms with Gasteiger partial charge in [-0.15, -0.1) is 0 Å². The van der Waals surface area contributed by atoms with Gasteiger partial charge in [0, 0.05) is 0 Å². The molecule has 0 unspecified atom stereocenters. The Kier molecular flexibility index (Phi) is 11.7. The molecule has 0 radical (unpaired) electrons. The van der Waals surface area contributed by atoms with Crippen LogP contribution in [0, 0.1) is 5.92 Å². The van der Waals surface area contributed by atoms with Crippen molar-refractivity contribution in [1.82, 2.24) is 5.32 Å². The molecular weight excluding hydrogens is 297 g/mol. The molecule has 1 nitrogen and oxygen atoms in total. The summed E-state index contributed by atoms with van der Waals surface area (Å²) < 4.78 is 0.619. The highest BCUT2D eigenvalue weighted by Gasteiger charge is 1.95. The summed E-state index contributed by atoms with van der Waals surface area (Å²) in [6, 6.07) is 0. The molecule has 0 fully saturated rings. The predicted molar refractivity (Wildman–Crippen MR) is 78.6 cm³/mol. The monoisotopic (exact) mass is 325 g/mol. The van der Waals surface area contributed by atoms with Crippen LogP contribution in [-0.2, 0) is 0 Å². The van der Waals surface area contributed by atoms with Crippen LogP contribution in [0.25, 0.3) is 0 Å². The van der Waals surface area contributed by atoms with E-state index < -0.39 is 0 Å². The minimum Gasteiger partial charge on any atom is -0.306 e. The Balaban J connectivity index is 2.93. The summed E-state index contributed by atoms with van der Waals surface area (Å²) >= 11 is 2.42. The van der Waals surface area contributed by atoms with Gasteiger partial charge in [0.1, 0.15) is 0 Å². The topological polar surface area (TPSA) is 12.0 Å². The van der Waals surface area contributed by atoms with Crippen molar-refractivity contribution in [2.24, 2.45) is 5.92 Å². The van der Waals surface area contributed by atoms with Crippen molar-refractivity contribution in [3.63, 3.8) is 0 Å². The summed E-state index contributed by atoms with van der Waals surface area (Å²) in [5.74, 6) is 0.888. The van der Waals surface area contributed by atoms with Gasteiger partial charge in [0.15, 0.2) is 0 Å². The number of alkyl halides is 1. The Morgan fingerprint density at radius 1 is 0.867 bits per heavy atom. The number of nitrogens with one attached hydrogen (secondary N) is 1. The maximum atomic E-state index is 3.45. The second kappa shape index (κ2) is 11.2. The summed E-state index contributed by atoms with van der Waals surface area (Å²) in [5, 5.41) is 3.45. The average molecular weight is 325 g/mol. The van der Waals surface area contributed by atoms with E-state index in [9.17, 15) is 0 Å². The molecule has 0 saturated carbocycles. The highest BCUT2D eigenvalue weighted by atomic mass is 127. The summed E-state index contributed by atoms with van der Waals surface area (Å²) in [6.45, 7) is 8.02. The van der Waals surface area contributed by atoms with E-state index in [2.05, 4.69) is 48.7 Å². The van der Waals surface area contributed by atoms with Crippen LogP contribution in [0.1, 0.15) is 65.7 Å². The number of rotatable bonds is 10. The molecule has 0 aliphatic rings. The van der Waals surface area contributed by atoms with Crippen LogP contribution >= 0.6 is 22.6 Å². The van der Waals surface area contributed by atoms with Gasteiger partial charge >= 0.3 is 0 Å². The first-order chi connectivity index (χ1) is 7.13. The lowest BCUT2D eigenvalue weighted by atomic mass is 10.0. The molecule has 0 aliphatic heterocycles. The lowest BCUT2D eigenvalue weighted by molar-refractivity contribution is 0.508. The van der Waals surface area contributed by atoms with Crippen LogP contribution in [0.2, 0.25) is 0 Å². The SMILES string of the molecule is CC(C)CCCCCCCCN[C@@H](C)I. The van der Waals surface area contributed by atoms with Crippen molar-refractivity contribution in [2.75, 3.05) is 6.54 Å². The second-order valence-electron chi connectivity index (χ2n) is 4.87. The van der Waals surface area contributed by atoms with Crippen LogP contribution in [0.3, 0.4) is 0 Å². The van der Waals surface area contributed by atoms with Crippen LogP contribution in [0.15, 0.2) is 0 Å². The largest absolute Gasteiger partial charge is 0.306 e. The number of halogens is 1. The van der Waals surface area contributed by atoms with Crippen molar-refractivity contribution in [2.45, 2.75) is 69.8 Å². The molecule has 0 heterocycles. The van der Waals surface area contributed by atoms with Crippen LogP contribution in [0.4, 0.5) is 0 Å². The first kappa shape index (κ1) is 15.7. The van der Waals surface area contributed by atoms with E-state index in [-0.39, 0.29) is 0 Å². The Labute approximate surface area is 110 Å². The minimum atomic E-state index is 0.619. The molecule has 0 aromatic rings. The Morgan fingerprint density at radius 3 is 1.93 bits per heavy atom. The van der Waals surface area contributed by atoms with Gasteiger partial charge in [-0.1, -0.05) is 75.0 Å². The van der Waals surface area contributed by atoms with Gasteiger partial charge in [0.25, 0.3) is 0 Å². The molecule has 1 N–H and O–H groups in total. The van der Waals surface area contributed by atoms with Crippen LogP contribution in [0.5, 0.6) is 0 Å². The molecule has 92 valence electrons. The molecule has 0 rings (SSSR count). The van der Waals surface area contributed by atoms with Crippen molar-refractivity contribution < 1.29 is 0 Å². The van der Waals surface area contributed by atoms with Crippen molar-refractivity contribution in [3.05, 3.63) is 0 Å². The maximum Gasteiger partial charge on any atom is 0.0564 e. The van der Waals surface area contributed by atoms with E-state index in [4.69, 9.17) is 0 Å². The van der Waals surface area contributed by atoms with Gasteiger partial charge in [-0.2, -0.15) is 0 Å². The molecule has 0 aromatic heterocycles. The zero-order chi connectivity index (χ0) is 11.5. The highest BCUT2D eigenvalue weighted by Crippen LogP contribution is 2.11. The highest BCUT2D eigenvalue weighted by molar-refractivity contribution is 14.1. The smallest absolute Gasteiger partial charge is 0.0564 e. The Morgan fingerprint density at radius 2 is 1.40 bits per heavy atom. The third-order valence-electron chi connectivity index (χ3n) is 2.63. The molecule has 1 atom stereocenters. The molecule has 2 heteroatoms. The Hall–Kier alpha value is 0.690. The fraction of sp³-hybridized carbons (Fsp3) is 1.00. The van der Waals surface area contributed by atoms with E-state index in [1.54, 1.807) is 0 Å². The van der Waals surface area contributed by atoms with E-state index in [0.29, 0.717) is 4.05 Å². The van der Waals surface area contributed by atoms with E-state index in [1.807, 2.05) is 0 Å². The maximum absolute atomic E-state index is 3.45. The fourth-order valence-corrected chi connectivity index (χ4v) is 2.00. The molecule has 0 amide bonds. The molecule has 0 spiro atoms. The first-order valence-electron chi connectivity index (χ1n) is 6.50. The summed E-state index contributed by atoms with van der Waals surface area (Å²) in [5.41, 5.74) is 0. The van der Waals surface area contributed by atoms with Gasteiger partial charge < -0.3 is 5.32 Å². The minimum absolute atomic E-state index is 0.619.